The molecule has 1 rings (SSSR count). The first kappa shape index (κ1) is 9.38. The third-order valence-corrected chi connectivity index (χ3v) is 1.29. The van der Waals surface area contributed by atoms with E-state index < -0.39 is 17.6 Å². The maximum absolute atomic E-state index is 12.5. The van der Waals surface area contributed by atoms with Crippen LogP contribution in [0.1, 0.15) is 6.92 Å². The van der Waals surface area contributed by atoms with Gasteiger partial charge < -0.3 is 4.74 Å². The summed E-state index contributed by atoms with van der Waals surface area (Å²) in [5.74, 6) is -2.20. The van der Waals surface area contributed by atoms with E-state index in [1.807, 2.05) is 0 Å². The molecule has 0 aliphatic rings. The van der Waals surface area contributed by atoms with Gasteiger partial charge in [0, 0.05) is 13.0 Å². The van der Waals surface area contributed by atoms with Gasteiger partial charge in [-0.1, -0.05) is 6.07 Å². The van der Waals surface area contributed by atoms with Crippen molar-refractivity contribution in [3.05, 3.63) is 30.1 Å². The molecule has 0 radical (unpaired) electrons. The number of rotatable bonds is 2. The molecule has 3 nitrogen and oxygen atoms in total. The highest BCUT2D eigenvalue weighted by molar-refractivity contribution is 6.33. The molecular formula is C9H7FO3. The fourth-order valence-electron chi connectivity index (χ4n) is 0.709. The van der Waals surface area contributed by atoms with Gasteiger partial charge in [0.1, 0.15) is 11.6 Å². The van der Waals surface area contributed by atoms with Crippen LogP contribution in [0, 0.1) is 5.82 Å². The number of esters is 1. The fraction of sp³-hybridized carbons (Fsp3) is 0.111. The topological polar surface area (TPSA) is 43.4 Å². The largest absolute Gasteiger partial charge is 0.421 e. The van der Waals surface area contributed by atoms with Crippen molar-refractivity contribution in [2.45, 2.75) is 6.92 Å². The second kappa shape index (κ2) is 3.80. The first-order valence-electron chi connectivity index (χ1n) is 3.58. The van der Waals surface area contributed by atoms with E-state index in [9.17, 15) is 14.0 Å². The van der Waals surface area contributed by atoms with Crippen molar-refractivity contribution in [2.24, 2.45) is 0 Å². The first-order valence-corrected chi connectivity index (χ1v) is 3.58. The molecule has 0 fully saturated rings. The maximum atomic E-state index is 12.5. The van der Waals surface area contributed by atoms with Crippen LogP contribution in [0.25, 0.3) is 0 Å². The first-order chi connectivity index (χ1) is 6.09. The molecule has 0 aromatic heterocycles. The van der Waals surface area contributed by atoms with Gasteiger partial charge in [0.2, 0.25) is 5.78 Å². The zero-order chi connectivity index (χ0) is 9.84. The average molecular weight is 182 g/mol. The lowest BCUT2D eigenvalue weighted by Gasteiger charge is -2.00. The van der Waals surface area contributed by atoms with Crippen molar-refractivity contribution in [3.8, 4) is 5.75 Å². The summed E-state index contributed by atoms with van der Waals surface area (Å²) in [4.78, 5) is 21.2. The molecule has 0 aliphatic carbocycles. The minimum absolute atomic E-state index is 0.0280. The molecule has 0 N–H and O–H groups in total. The minimum atomic E-state index is -0.995. The predicted octanol–water partition coefficient (Wildman–Crippen LogP) is 1.32. The van der Waals surface area contributed by atoms with Gasteiger partial charge in [-0.05, 0) is 12.1 Å². The zero-order valence-electron chi connectivity index (χ0n) is 6.91. The highest BCUT2D eigenvalue weighted by atomic mass is 19.1. The molecule has 0 unspecified atom stereocenters. The number of ketones is 1. The smallest absolute Gasteiger partial charge is 0.379 e. The molecule has 4 heteroatoms. The Bertz CT molecular complexity index is 346. The van der Waals surface area contributed by atoms with Crippen molar-refractivity contribution in [2.75, 3.05) is 0 Å². The zero-order valence-corrected chi connectivity index (χ0v) is 6.91. The summed E-state index contributed by atoms with van der Waals surface area (Å²) in [6.45, 7) is 1.08. The summed E-state index contributed by atoms with van der Waals surface area (Å²) in [5.41, 5.74) is 0. The van der Waals surface area contributed by atoms with Crippen molar-refractivity contribution in [1.82, 2.24) is 0 Å². The Morgan fingerprint density at radius 3 is 2.62 bits per heavy atom. The molecule has 0 bridgehead atoms. The van der Waals surface area contributed by atoms with Crippen LogP contribution in [0.5, 0.6) is 5.75 Å². The Morgan fingerprint density at radius 2 is 2.08 bits per heavy atom. The van der Waals surface area contributed by atoms with Gasteiger partial charge in [0.15, 0.2) is 0 Å². The number of benzene rings is 1. The number of ether oxygens (including phenoxy) is 1. The van der Waals surface area contributed by atoms with Gasteiger partial charge in [0.05, 0.1) is 0 Å². The standard InChI is InChI=1S/C9H7FO3/c1-6(11)9(12)13-8-4-2-3-7(10)5-8/h2-5H,1H3. The summed E-state index contributed by atoms with van der Waals surface area (Å²) >= 11 is 0. The van der Waals surface area contributed by atoms with E-state index in [1.165, 1.54) is 18.2 Å². The SMILES string of the molecule is CC(=O)C(=O)Oc1cccc(F)c1. The number of Topliss-reactive ketones (excluding diaryl/α,β-unsaturated/α-hetero) is 1. The van der Waals surface area contributed by atoms with Crippen molar-refractivity contribution in [3.63, 3.8) is 0 Å². The van der Waals surface area contributed by atoms with E-state index in [-0.39, 0.29) is 5.75 Å². The molecule has 0 aliphatic heterocycles. The normalized spacial score (nSPS) is 9.38. The van der Waals surface area contributed by atoms with Crippen LogP contribution in [0.15, 0.2) is 24.3 Å². The summed E-state index contributed by atoms with van der Waals surface area (Å²) in [6, 6.07) is 5.02. The van der Waals surface area contributed by atoms with Crippen LogP contribution in [0.3, 0.4) is 0 Å². The van der Waals surface area contributed by atoms with Gasteiger partial charge >= 0.3 is 5.97 Å². The van der Waals surface area contributed by atoms with E-state index in [0.29, 0.717) is 0 Å². The number of carbonyl (C=O) groups excluding carboxylic acids is 2. The van der Waals surface area contributed by atoms with Gasteiger partial charge in [0.25, 0.3) is 0 Å². The lowest BCUT2D eigenvalue weighted by Crippen LogP contribution is -2.16. The monoisotopic (exact) mass is 182 g/mol. The van der Waals surface area contributed by atoms with Crippen LogP contribution in [-0.2, 0) is 9.59 Å². The molecule has 68 valence electrons. The van der Waals surface area contributed by atoms with Crippen LogP contribution in [-0.4, -0.2) is 11.8 Å². The van der Waals surface area contributed by atoms with Gasteiger partial charge in [-0.25, -0.2) is 9.18 Å². The molecule has 0 saturated carbocycles. The summed E-state index contributed by atoms with van der Waals surface area (Å²) in [6.07, 6.45) is 0. The van der Waals surface area contributed by atoms with Gasteiger partial charge in [-0.15, -0.1) is 0 Å². The second-order valence-corrected chi connectivity index (χ2v) is 2.40. The Hall–Kier alpha value is -1.71. The van der Waals surface area contributed by atoms with Crippen LogP contribution in [0.4, 0.5) is 4.39 Å². The Morgan fingerprint density at radius 1 is 1.38 bits per heavy atom. The molecular weight excluding hydrogens is 175 g/mol. The molecule has 0 heterocycles. The van der Waals surface area contributed by atoms with Crippen LogP contribution < -0.4 is 4.74 Å². The third kappa shape index (κ3) is 2.66. The molecule has 0 spiro atoms. The molecule has 0 saturated heterocycles. The van der Waals surface area contributed by atoms with Crippen LogP contribution in [0.2, 0.25) is 0 Å². The van der Waals surface area contributed by atoms with Crippen molar-refractivity contribution >= 4 is 11.8 Å². The molecule has 0 amide bonds. The number of carbonyl (C=O) groups is 2. The molecule has 1 aromatic rings. The quantitative estimate of drug-likeness (QED) is 0.393. The number of hydrogen-bond acceptors (Lipinski definition) is 3. The van der Waals surface area contributed by atoms with E-state index in [0.717, 1.165) is 13.0 Å². The third-order valence-electron chi connectivity index (χ3n) is 1.29. The highest BCUT2D eigenvalue weighted by Crippen LogP contribution is 2.11. The maximum Gasteiger partial charge on any atom is 0.379 e. The predicted molar refractivity (Wildman–Crippen MR) is 42.7 cm³/mol. The fourth-order valence-corrected chi connectivity index (χ4v) is 0.709. The summed E-state index contributed by atoms with van der Waals surface area (Å²) < 4.78 is 17.1. The molecule has 1 aromatic carbocycles. The number of hydrogen-bond donors (Lipinski definition) is 0. The number of halogens is 1. The summed E-state index contributed by atoms with van der Waals surface area (Å²) in [5, 5.41) is 0. The summed E-state index contributed by atoms with van der Waals surface area (Å²) in [7, 11) is 0. The van der Waals surface area contributed by atoms with E-state index >= 15 is 0 Å². The van der Waals surface area contributed by atoms with E-state index in [1.54, 1.807) is 0 Å². The van der Waals surface area contributed by atoms with Crippen molar-refractivity contribution < 1.29 is 18.7 Å². The average Bonchev–Trinajstić information content (AvgIpc) is 2.04. The molecule has 0 atom stereocenters. The minimum Gasteiger partial charge on any atom is -0.421 e. The highest BCUT2D eigenvalue weighted by Gasteiger charge is 2.10. The Kier molecular flexibility index (Phi) is 2.74. The lowest BCUT2D eigenvalue weighted by atomic mass is 10.3. The Labute approximate surface area is 74.1 Å². The van der Waals surface area contributed by atoms with Crippen molar-refractivity contribution in [1.29, 1.82) is 0 Å². The molecule has 13 heavy (non-hydrogen) atoms. The van der Waals surface area contributed by atoms with Gasteiger partial charge in [-0.3, -0.25) is 4.79 Å². The van der Waals surface area contributed by atoms with E-state index in [4.69, 9.17) is 0 Å². The van der Waals surface area contributed by atoms with E-state index in [2.05, 4.69) is 4.74 Å². The Balaban J connectivity index is 2.75. The van der Waals surface area contributed by atoms with Gasteiger partial charge in [-0.2, -0.15) is 0 Å². The van der Waals surface area contributed by atoms with Crippen LogP contribution >= 0.6 is 0 Å². The lowest BCUT2D eigenvalue weighted by molar-refractivity contribution is -0.146. The second-order valence-electron chi connectivity index (χ2n) is 2.40.